The van der Waals surface area contributed by atoms with Crippen LogP contribution < -0.4 is 5.32 Å². The van der Waals surface area contributed by atoms with Crippen LogP contribution in [0.1, 0.15) is 5.56 Å². The van der Waals surface area contributed by atoms with Gasteiger partial charge in [0, 0.05) is 17.7 Å². The number of aromatic amines is 1. The smallest absolute Gasteiger partial charge is 0.199 e. The number of H-pyrrole nitrogens is 1. The van der Waals surface area contributed by atoms with Gasteiger partial charge in [-0.3, -0.25) is 0 Å². The number of nitrogens with zero attached hydrogens (tertiary/aromatic N) is 1. The minimum Gasteiger partial charge on any atom is -0.369 e. The van der Waals surface area contributed by atoms with Gasteiger partial charge >= 0.3 is 0 Å². The lowest BCUT2D eigenvalue weighted by Gasteiger charge is -2.09. The lowest BCUT2D eigenvalue weighted by molar-refractivity contribution is 0.628. The van der Waals surface area contributed by atoms with E-state index in [4.69, 9.17) is 23.8 Å². The van der Waals surface area contributed by atoms with Crippen LogP contribution in [0.2, 0.25) is 5.02 Å². The summed E-state index contributed by atoms with van der Waals surface area (Å²) in [5, 5.41) is 3.53. The largest absolute Gasteiger partial charge is 0.369 e. The maximum Gasteiger partial charge on any atom is 0.199 e. The van der Waals surface area contributed by atoms with E-state index in [0.29, 0.717) is 9.79 Å². The molecule has 6 heteroatoms. The number of fused-ring (bicyclic) bond motifs is 1. The standard InChI is InChI=1S/C12H9ClFN3S/c13-9-5-6(14)1-2-7(9)10-8-3-4-15-11(8)17-12(18)16-10/h1-2,5H,3-4H2,(H2,15,16,17,18). The van der Waals surface area contributed by atoms with Crippen LogP contribution >= 0.6 is 23.8 Å². The molecule has 0 bridgehead atoms. The summed E-state index contributed by atoms with van der Waals surface area (Å²) >= 11 is 11.2. The molecule has 2 N–H and O–H groups in total. The molecule has 0 aliphatic carbocycles. The van der Waals surface area contributed by atoms with Gasteiger partial charge in [0.15, 0.2) is 4.77 Å². The van der Waals surface area contributed by atoms with Gasteiger partial charge < -0.3 is 10.3 Å². The molecule has 0 saturated carbocycles. The fourth-order valence-corrected chi connectivity index (χ4v) is 2.57. The highest BCUT2D eigenvalue weighted by Crippen LogP contribution is 2.34. The van der Waals surface area contributed by atoms with Crippen molar-refractivity contribution in [3.8, 4) is 11.3 Å². The fourth-order valence-electron chi connectivity index (χ4n) is 2.12. The summed E-state index contributed by atoms with van der Waals surface area (Å²) in [5.74, 6) is 0.431. The van der Waals surface area contributed by atoms with Crippen LogP contribution in [-0.2, 0) is 6.42 Å². The van der Waals surface area contributed by atoms with Gasteiger partial charge in [0.25, 0.3) is 0 Å². The first-order valence-corrected chi connectivity index (χ1v) is 6.26. The van der Waals surface area contributed by atoms with Crippen LogP contribution in [0.4, 0.5) is 10.2 Å². The lowest BCUT2D eigenvalue weighted by atomic mass is 10.1. The first-order valence-electron chi connectivity index (χ1n) is 5.47. The number of benzene rings is 1. The summed E-state index contributed by atoms with van der Waals surface area (Å²) in [6.07, 6.45) is 0.845. The third kappa shape index (κ3) is 1.89. The number of nitrogens with one attached hydrogen (secondary N) is 2. The van der Waals surface area contributed by atoms with Crippen LogP contribution in [0.3, 0.4) is 0 Å². The molecule has 18 heavy (non-hydrogen) atoms. The Kier molecular flexibility index (Phi) is 2.80. The van der Waals surface area contributed by atoms with E-state index in [1.165, 1.54) is 12.1 Å². The van der Waals surface area contributed by atoms with E-state index < -0.39 is 0 Å². The summed E-state index contributed by atoms with van der Waals surface area (Å²) in [4.78, 5) is 7.26. The summed E-state index contributed by atoms with van der Waals surface area (Å²) in [6.45, 7) is 0.820. The van der Waals surface area contributed by atoms with Crippen LogP contribution in [0, 0.1) is 10.6 Å². The molecule has 3 nitrogen and oxygen atoms in total. The van der Waals surface area contributed by atoms with Crippen LogP contribution in [-0.4, -0.2) is 16.5 Å². The SMILES string of the molecule is Fc1ccc(-c2[nH]c(=S)nc3c2CCN3)c(Cl)c1. The number of hydrogen-bond donors (Lipinski definition) is 2. The number of aromatic nitrogens is 2. The monoisotopic (exact) mass is 281 g/mol. The summed E-state index contributed by atoms with van der Waals surface area (Å²) < 4.78 is 13.5. The quantitative estimate of drug-likeness (QED) is 0.785. The van der Waals surface area contributed by atoms with E-state index in [2.05, 4.69) is 15.3 Å². The molecule has 0 unspecified atom stereocenters. The van der Waals surface area contributed by atoms with Crippen molar-refractivity contribution in [2.45, 2.75) is 6.42 Å². The second kappa shape index (κ2) is 4.33. The zero-order valence-electron chi connectivity index (χ0n) is 9.26. The van der Waals surface area contributed by atoms with Gasteiger partial charge in [0.1, 0.15) is 11.6 Å². The van der Waals surface area contributed by atoms with Crippen LogP contribution in [0.25, 0.3) is 11.3 Å². The van der Waals surface area contributed by atoms with Crippen molar-refractivity contribution in [3.05, 3.63) is 39.4 Å². The van der Waals surface area contributed by atoms with Crippen molar-refractivity contribution in [1.29, 1.82) is 0 Å². The van der Waals surface area contributed by atoms with Crippen molar-refractivity contribution < 1.29 is 4.39 Å². The summed E-state index contributed by atoms with van der Waals surface area (Å²) in [6, 6.07) is 4.33. The zero-order valence-corrected chi connectivity index (χ0v) is 10.8. The van der Waals surface area contributed by atoms with Crippen molar-refractivity contribution in [2.24, 2.45) is 0 Å². The first-order chi connectivity index (χ1) is 8.65. The molecule has 1 aromatic carbocycles. The number of hydrogen-bond acceptors (Lipinski definition) is 3. The fraction of sp³-hybridized carbons (Fsp3) is 0.167. The topological polar surface area (TPSA) is 40.7 Å². The van der Waals surface area contributed by atoms with Gasteiger partial charge in [-0.2, -0.15) is 0 Å². The Bertz CT molecular complexity index is 684. The summed E-state index contributed by atoms with van der Waals surface area (Å²) in [7, 11) is 0. The third-order valence-corrected chi connectivity index (χ3v) is 3.41. The molecule has 0 radical (unpaired) electrons. The summed E-state index contributed by atoms with van der Waals surface area (Å²) in [5.41, 5.74) is 2.60. The van der Waals surface area contributed by atoms with Gasteiger partial charge in [0.05, 0.1) is 10.7 Å². The Balaban J connectivity index is 2.26. The molecular formula is C12H9ClFN3S. The van der Waals surface area contributed by atoms with Gasteiger partial charge in [0.2, 0.25) is 0 Å². The highest BCUT2D eigenvalue weighted by Gasteiger charge is 2.19. The Labute approximate surface area is 113 Å². The average molecular weight is 282 g/mol. The highest BCUT2D eigenvalue weighted by molar-refractivity contribution is 7.71. The average Bonchev–Trinajstić information content (AvgIpc) is 2.76. The maximum absolute atomic E-state index is 13.1. The predicted octanol–water partition coefficient (Wildman–Crippen LogP) is 3.57. The molecule has 0 amide bonds. The van der Waals surface area contributed by atoms with Crippen molar-refractivity contribution in [2.75, 3.05) is 11.9 Å². The van der Waals surface area contributed by atoms with Crippen molar-refractivity contribution in [3.63, 3.8) is 0 Å². The van der Waals surface area contributed by atoms with Gasteiger partial charge in [-0.25, -0.2) is 9.37 Å². The van der Waals surface area contributed by atoms with Gasteiger partial charge in [-0.15, -0.1) is 0 Å². The third-order valence-electron chi connectivity index (χ3n) is 2.90. The Hall–Kier alpha value is -1.46. The molecule has 0 saturated heterocycles. The molecule has 1 aliphatic rings. The van der Waals surface area contributed by atoms with E-state index in [9.17, 15) is 4.39 Å². The Morgan fingerprint density at radius 2 is 2.22 bits per heavy atom. The number of rotatable bonds is 1. The first kappa shape index (κ1) is 11.6. The molecule has 1 aromatic heterocycles. The van der Waals surface area contributed by atoms with E-state index in [0.717, 1.165) is 35.6 Å². The Morgan fingerprint density at radius 3 is 3.00 bits per heavy atom. The van der Waals surface area contributed by atoms with Crippen molar-refractivity contribution in [1.82, 2.24) is 9.97 Å². The number of anilines is 1. The van der Waals surface area contributed by atoms with E-state index in [1.54, 1.807) is 6.07 Å². The minimum atomic E-state index is -0.355. The molecule has 0 spiro atoms. The van der Waals surface area contributed by atoms with Crippen molar-refractivity contribution >= 4 is 29.6 Å². The second-order valence-corrected chi connectivity index (χ2v) is 4.84. The van der Waals surface area contributed by atoms with Crippen LogP contribution in [0.15, 0.2) is 18.2 Å². The molecule has 2 heterocycles. The van der Waals surface area contributed by atoms with Gasteiger partial charge in [-0.05, 0) is 36.8 Å². The van der Waals surface area contributed by atoms with E-state index in [1.807, 2.05) is 0 Å². The predicted molar refractivity (Wildman–Crippen MR) is 72.0 cm³/mol. The minimum absolute atomic E-state index is 0.355. The molecule has 0 atom stereocenters. The molecule has 2 aromatic rings. The molecular weight excluding hydrogens is 273 g/mol. The Morgan fingerprint density at radius 1 is 1.39 bits per heavy atom. The second-order valence-electron chi connectivity index (χ2n) is 4.05. The van der Waals surface area contributed by atoms with Gasteiger partial charge in [-0.1, -0.05) is 11.6 Å². The molecule has 92 valence electrons. The van der Waals surface area contributed by atoms with E-state index >= 15 is 0 Å². The van der Waals surface area contributed by atoms with E-state index in [-0.39, 0.29) is 5.82 Å². The molecule has 3 rings (SSSR count). The number of halogens is 2. The normalized spacial score (nSPS) is 13.2. The lowest BCUT2D eigenvalue weighted by Crippen LogP contribution is -1.96. The highest BCUT2D eigenvalue weighted by atomic mass is 35.5. The maximum atomic E-state index is 13.1. The zero-order chi connectivity index (χ0) is 12.7. The molecule has 1 aliphatic heterocycles. The van der Waals surface area contributed by atoms with Crippen LogP contribution in [0.5, 0.6) is 0 Å². The molecule has 0 fully saturated rings.